The molecule has 1 aromatic rings. The molecule has 2 rings (SSSR count). The summed E-state index contributed by atoms with van der Waals surface area (Å²) in [6.07, 6.45) is -1.83. The fourth-order valence-electron chi connectivity index (χ4n) is 2.02. The molecule has 8 heteroatoms. The van der Waals surface area contributed by atoms with E-state index in [1.54, 1.807) is 0 Å². The summed E-state index contributed by atoms with van der Waals surface area (Å²) in [5, 5.41) is 29.1. The zero-order chi connectivity index (χ0) is 14.2. The third kappa shape index (κ3) is 2.04. The number of aliphatic hydroxyl groups is 3. The van der Waals surface area contributed by atoms with Crippen molar-refractivity contribution in [2.75, 3.05) is 6.61 Å². The minimum Gasteiger partial charge on any atom is -0.393 e. The molecule has 8 nitrogen and oxygen atoms in total. The van der Waals surface area contributed by atoms with Crippen molar-refractivity contribution < 1.29 is 20.1 Å². The summed E-state index contributed by atoms with van der Waals surface area (Å²) in [5.74, 6) is 0. The van der Waals surface area contributed by atoms with Crippen LogP contribution < -0.4 is 11.2 Å². The number of H-pyrrole nitrogens is 1. The highest BCUT2D eigenvalue weighted by atomic mass is 16.6. The minimum absolute atomic E-state index is 0.591. The first-order valence-corrected chi connectivity index (χ1v) is 5.55. The predicted octanol–water partition coefficient (Wildman–Crippen LogP) is -2.30. The monoisotopic (exact) mass is 270 g/mol. The van der Waals surface area contributed by atoms with Crippen molar-refractivity contribution in [2.45, 2.75) is 24.0 Å². The van der Waals surface area contributed by atoms with Gasteiger partial charge in [-0.05, 0) is 0 Å². The third-order valence-electron chi connectivity index (χ3n) is 3.17. The number of aromatic nitrogens is 2. The van der Waals surface area contributed by atoms with Gasteiger partial charge in [-0.3, -0.25) is 14.3 Å². The lowest BCUT2D eigenvalue weighted by molar-refractivity contribution is -0.0993. The van der Waals surface area contributed by atoms with E-state index in [9.17, 15) is 24.9 Å². The first-order valence-electron chi connectivity index (χ1n) is 5.55. The first kappa shape index (κ1) is 13.7. The van der Waals surface area contributed by atoms with Crippen LogP contribution in [0.1, 0.15) is 6.23 Å². The third-order valence-corrected chi connectivity index (χ3v) is 3.17. The van der Waals surface area contributed by atoms with E-state index in [0.717, 1.165) is 22.9 Å². The summed E-state index contributed by atoms with van der Waals surface area (Å²) in [4.78, 5) is 24.6. The Balaban J connectivity index is 2.45. The topological polar surface area (TPSA) is 125 Å². The Morgan fingerprint density at radius 2 is 2.21 bits per heavy atom. The summed E-state index contributed by atoms with van der Waals surface area (Å²) < 4.78 is 6.28. The quantitative estimate of drug-likeness (QED) is 0.458. The van der Waals surface area contributed by atoms with Crippen LogP contribution in [-0.4, -0.2) is 49.3 Å². The van der Waals surface area contributed by atoms with Crippen molar-refractivity contribution in [2.24, 2.45) is 0 Å². The van der Waals surface area contributed by atoms with Gasteiger partial charge in [0.05, 0.1) is 6.61 Å². The van der Waals surface area contributed by atoms with E-state index in [1.807, 2.05) is 4.98 Å². The average molecular weight is 270 g/mol. The smallest absolute Gasteiger partial charge is 0.330 e. The summed E-state index contributed by atoms with van der Waals surface area (Å²) in [5.41, 5.74) is -2.94. The van der Waals surface area contributed by atoms with Gasteiger partial charge in [0.25, 0.3) is 5.56 Å². The van der Waals surface area contributed by atoms with Gasteiger partial charge in [0.1, 0.15) is 17.8 Å². The summed E-state index contributed by atoms with van der Waals surface area (Å²) in [6.45, 7) is 2.83. The second kappa shape index (κ2) is 4.74. The lowest BCUT2D eigenvalue weighted by Crippen LogP contribution is -2.44. The van der Waals surface area contributed by atoms with Crippen LogP contribution in [0.25, 0.3) is 0 Å². The Labute approximate surface area is 107 Å². The Morgan fingerprint density at radius 3 is 2.68 bits per heavy atom. The standard InChI is InChI=1S/C11H14N2O6/c1-2-11(5-14)8(17)7(16)9(19-11)13-4-3-6(15)12-10(13)18/h2-4,7-9,14,16-17H,1,5H2,(H,12,15,18)/t7?,8?,9-,11-/m0/s1. The highest BCUT2D eigenvalue weighted by Crippen LogP contribution is 2.36. The van der Waals surface area contributed by atoms with Gasteiger partial charge in [-0.2, -0.15) is 0 Å². The van der Waals surface area contributed by atoms with Gasteiger partial charge in [-0.15, -0.1) is 6.58 Å². The molecular weight excluding hydrogens is 256 g/mol. The van der Waals surface area contributed by atoms with Gasteiger partial charge >= 0.3 is 5.69 Å². The maximum absolute atomic E-state index is 11.6. The van der Waals surface area contributed by atoms with Crippen molar-refractivity contribution >= 4 is 0 Å². The van der Waals surface area contributed by atoms with E-state index in [0.29, 0.717) is 0 Å². The Morgan fingerprint density at radius 1 is 1.53 bits per heavy atom. The molecule has 0 amide bonds. The van der Waals surface area contributed by atoms with E-state index in [4.69, 9.17) is 4.74 Å². The first-order chi connectivity index (χ1) is 8.95. The fraction of sp³-hybridized carbons (Fsp3) is 0.455. The summed E-state index contributed by atoms with van der Waals surface area (Å²) in [7, 11) is 0. The van der Waals surface area contributed by atoms with E-state index in [1.165, 1.54) is 0 Å². The second-order valence-electron chi connectivity index (χ2n) is 4.28. The van der Waals surface area contributed by atoms with Crippen LogP contribution >= 0.6 is 0 Å². The number of aliphatic hydroxyl groups excluding tert-OH is 3. The second-order valence-corrected chi connectivity index (χ2v) is 4.28. The molecule has 0 bridgehead atoms. The SMILES string of the molecule is C=C[C@@]1(CO)O[C@H](n2ccc(=O)[nH]c2=O)C(O)C1O. The van der Waals surface area contributed by atoms with Crippen molar-refractivity contribution in [3.05, 3.63) is 45.8 Å². The molecule has 19 heavy (non-hydrogen) atoms. The maximum Gasteiger partial charge on any atom is 0.330 e. The molecule has 0 saturated carbocycles. The summed E-state index contributed by atoms with van der Waals surface area (Å²) >= 11 is 0. The van der Waals surface area contributed by atoms with E-state index in [-0.39, 0.29) is 0 Å². The van der Waals surface area contributed by atoms with Crippen LogP contribution in [0, 0.1) is 0 Å². The van der Waals surface area contributed by atoms with Crippen molar-refractivity contribution in [3.63, 3.8) is 0 Å². The molecule has 1 aliphatic heterocycles. The van der Waals surface area contributed by atoms with Crippen molar-refractivity contribution in [1.29, 1.82) is 0 Å². The van der Waals surface area contributed by atoms with Crippen molar-refractivity contribution in [3.8, 4) is 0 Å². The molecule has 0 aromatic carbocycles. The largest absolute Gasteiger partial charge is 0.393 e. The summed E-state index contributed by atoms with van der Waals surface area (Å²) in [6, 6.07) is 1.08. The molecule has 4 atom stereocenters. The van der Waals surface area contributed by atoms with Crippen LogP contribution in [0.3, 0.4) is 0 Å². The predicted molar refractivity (Wildman–Crippen MR) is 63.5 cm³/mol. The van der Waals surface area contributed by atoms with Gasteiger partial charge < -0.3 is 20.1 Å². The lowest BCUT2D eigenvalue weighted by Gasteiger charge is -2.25. The average Bonchev–Trinajstić information content (AvgIpc) is 2.64. The number of hydrogen-bond acceptors (Lipinski definition) is 6. The van der Waals surface area contributed by atoms with Crippen LogP contribution in [0.5, 0.6) is 0 Å². The molecule has 2 unspecified atom stereocenters. The number of nitrogens with one attached hydrogen (secondary N) is 1. The fourth-order valence-corrected chi connectivity index (χ4v) is 2.02. The Bertz CT molecular complexity index is 593. The zero-order valence-electron chi connectivity index (χ0n) is 9.89. The van der Waals surface area contributed by atoms with E-state index >= 15 is 0 Å². The minimum atomic E-state index is -1.56. The molecule has 0 spiro atoms. The molecule has 0 aliphatic carbocycles. The molecule has 0 radical (unpaired) electrons. The number of aromatic amines is 1. The van der Waals surface area contributed by atoms with Crippen molar-refractivity contribution in [1.82, 2.24) is 9.55 Å². The number of hydrogen-bond donors (Lipinski definition) is 4. The molecular formula is C11H14N2O6. The normalized spacial score (nSPS) is 34.4. The molecule has 1 fully saturated rings. The van der Waals surface area contributed by atoms with Gasteiger partial charge in [0, 0.05) is 12.3 Å². The highest BCUT2D eigenvalue weighted by Gasteiger charge is 2.53. The maximum atomic E-state index is 11.6. The van der Waals surface area contributed by atoms with Gasteiger partial charge in [0.15, 0.2) is 6.23 Å². The van der Waals surface area contributed by atoms with Crippen LogP contribution in [-0.2, 0) is 4.74 Å². The lowest BCUT2D eigenvalue weighted by atomic mass is 9.96. The van der Waals surface area contributed by atoms with E-state index < -0.39 is 41.9 Å². The Hall–Kier alpha value is -1.74. The van der Waals surface area contributed by atoms with Gasteiger partial charge in [-0.25, -0.2) is 4.79 Å². The van der Waals surface area contributed by atoms with E-state index in [2.05, 4.69) is 6.58 Å². The number of rotatable bonds is 3. The molecule has 1 aromatic heterocycles. The van der Waals surface area contributed by atoms with Crippen LogP contribution in [0.2, 0.25) is 0 Å². The van der Waals surface area contributed by atoms with Crippen LogP contribution in [0.4, 0.5) is 0 Å². The molecule has 1 saturated heterocycles. The number of ether oxygens (including phenoxy) is 1. The molecule has 2 heterocycles. The molecule has 104 valence electrons. The highest BCUT2D eigenvalue weighted by molar-refractivity contribution is 5.10. The Kier molecular flexibility index (Phi) is 3.42. The van der Waals surface area contributed by atoms with Gasteiger partial charge in [0.2, 0.25) is 0 Å². The zero-order valence-corrected chi connectivity index (χ0v) is 9.89. The van der Waals surface area contributed by atoms with Gasteiger partial charge in [-0.1, -0.05) is 6.08 Å². The molecule has 1 aliphatic rings. The number of nitrogens with zero attached hydrogens (tertiary/aromatic N) is 1. The molecule has 4 N–H and O–H groups in total. The van der Waals surface area contributed by atoms with Crippen LogP contribution in [0.15, 0.2) is 34.5 Å².